The normalized spacial score (nSPS) is 12.3. The molecule has 4 aromatic heterocycles. The number of fused-ring (bicyclic) bond motifs is 4. The van der Waals surface area contributed by atoms with Crippen molar-refractivity contribution < 1.29 is 91.5 Å². The number of phenols is 4. The Morgan fingerprint density at radius 1 is 0.337 bits per heavy atom. The number of hydrogen-bond donors (Lipinski definition) is 8. The molecular weight excluding hydrogens is 1280 g/mol. The molecule has 34 heteroatoms. The number of hydrogen-bond acceptors (Lipinski definition) is 22. The molecule has 0 atom stereocenters. The number of aromatic nitrogens is 4. The second-order valence-electron chi connectivity index (χ2n) is 21.6. The first-order valence-corrected chi connectivity index (χ1v) is 33.8. The zero-order valence-corrected chi connectivity index (χ0v) is 53.0. The van der Waals surface area contributed by atoms with E-state index in [1.807, 2.05) is 9.80 Å². The highest BCUT2D eigenvalue weighted by atomic mass is 32.2. The van der Waals surface area contributed by atoms with E-state index in [4.69, 9.17) is 0 Å². The van der Waals surface area contributed by atoms with Crippen LogP contribution >= 0.6 is 0 Å². The fourth-order valence-corrected chi connectivity index (χ4v) is 13.4. The molecule has 490 valence electrons. The maximum atomic E-state index is 14.0. The number of pyridine rings is 4. The van der Waals surface area contributed by atoms with E-state index in [0.29, 0.717) is 0 Å². The number of phenolic OH excluding ortho intramolecular Hbond substituents is 4. The zero-order chi connectivity index (χ0) is 67.4. The van der Waals surface area contributed by atoms with Gasteiger partial charge in [-0.2, -0.15) is 33.7 Å². The maximum Gasteiger partial charge on any atom is 0.295 e. The Morgan fingerprint density at radius 2 is 0.533 bits per heavy atom. The predicted molar refractivity (Wildman–Crippen MR) is 332 cm³/mol. The lowest BCUT2D eigenvalue weighted by Crippen LogP contribution is -2.40. The standard InChI is InChI=1S/C58H64N10O20S4/c1-63(55(73)39-31-43(89(77,78)79)35-13-5-17-59-47(35)51(39)69)21-9-25-67(26-10-22-64(2)56(74)40-32-44(90(80,81)82)36-14-6-18-60-48(36)52(40)70)29-30-68(27-11-23-65(3)57(75)41-33-45(91(83,84)85)37-15-7-19-61-49(37)53(41)71)28-12-24-66(4)58(76)42-34-46(92(86,87)88)38-16-8-20-62-50(38)54(42)72/h5-8,13-20,31-34,69-72H,9-12,21-30H2,1-4H3,(H,77,78,79)(H,80,81,82)(H,83,84,85)(H,86,87,88). The Bertz CT molecular complexity index is 4110. The molecule has 30 nitrogen and oxygen atoms in total. The van der Waals surface area contributed by atoms with Gasteiger partial charge in [0, 0.05) is 114 Å². The molecule has 4 aromatic carbocycles. The van der Waals surface area contributed by atoms with Crippen molar-refractivity contribution in [1.82, 2.24) is 49.3 Å². The third-order valence-electron chi connectivity index (χ3n) is 15.3. The van der Waals surface area contributed by atoms with E-state index < -0.39 is 129 Å². The van der Waals surface area contributed by atoms with E-state index >= 15 is 0 Å². The lowest BCUT2D eigenvalue weighted by molar-refractivity contribution is 0.0761. The first kappa shape index (κ1) is 69.1. The number of nitrogens with zero attached hydrogens (tertiary/aromatic N) is 10. The van der Waals surface area contributed by atoms with Crippen molar-refractivity contribution in [3.63, 3.8) is 0 Å². The van der Waals surface area contributed by atoms with Crippen LogP contribution < -0.4 is 0 Å². The van der Waals surface area contributed by atoms with Crippen molar-refractivity contribution in [2.45, 2.75) is 45.3 Å². The molecule has 0 bridgehead atoms. The quantitative estimate of drug-likeness (QED) is 0.0334. The Balaban J connectivity index is 1.04. The molecule has 8 aromatic rings. The molecule has 0 fully saturated rings. The van der Waals surface area contributed by atoms with Crippen molar-refractivity contribution in [1.29, 1.82) is 0 Å². The van der Waals surface area contributed by atoms with E-state index in [1.54, 1.807) is 0 Å². The van der Waals surface area contributed by atoms with Gasteiger partial charge in [-0.3, -0.25) is 57.3 Å². The predicted octanol–water partition coefficient (Wildman–Crippen LogP) is 4.24. The van der Waals surface area contributed by atoms with Gasteiger partial charge in [0.05, 0.1) is 22.3 Å². The van der Waals surface area contributed by atoms with Crippen molar-refractivity contribution >= 4 is 108 Å². The van der Waals surface area contributed by atoms with Crippen LogP contribution in [-0.2, 0) is 40.5 Å². The number of aromatic hydroxyl groups is 4. The van der Waals surface area contributed by atoms with Crippen LogP contribution in [0.1, 0.15) is 67.1 Å². The first-order valence-electron chi connectivity index (χ1n) is 28.0. The Labute approximate surface area is 527 Å². The molecule has 0 spiro atoms. The van der Waals surface area contributed by atoms with Gasteiger partial charge in [0.2, 0.25) is 0 Å². The van der Waals surface area contributed by atoms with E-state index in [9.17, 15) is 91.5 Å². The number of carbonyl (C=O) groups excluding carboxylic acids is 4. The van der Waals surface area contributed by atoms with Gasteiger partial charge < -0.3 is 49.8 Å². The summed E-state index contributed by atoms with van der Waals surface area (Å²) < 4.78 is 140. The lowest BCUT2D eigenvalue weighted by Gasteiger charge is -2.30. The smallest absolute Gasteiger partial charge is 0.295 e. The van der Waals surface area contributed by atoms with Gasteiger partial charge in [-0.15, -0.1) is 0 Å². The average molecular weight is 1350 g/mol. The number of rotatable bonds is 27. The maximum absolute atomic E-state index is 14.0. The molecule has 0 unspecified atom stereocenters. The minimum Gasteiger partial charge on any atom is -0.505 e. The Morgan fingerprint density at radius 3 is 0.717 bits per heavy atom. The third-order valence-corrected chi connectivity index (χ3v) is 18.9. The van der Waals surface area contributed by atoms with Gasteiger partial charge in [-0.05, 0) is 125 Å². The van der Waals surface area contributed by atoms with Crippen molar-refractivity contribution in [2.75, 3.05) is 93.6 Å². The summed E-state index contributed by atoms with van der Waals surface area (Å²) in [5, 5.41) is 44.1. The van der Waals surface area contributed by atoms with Gasteiger partial charge in [0.1, 0.15) is 41.6 Å². The molecule has 8 N–H and O–H groups in total. The van der Waals surface area contributed by atoms with Crippen LogP contribution in [0, 0.1) is 0 Å². The van der Waals surface area contributed by atoms with E-state index in [0.717, 1.165) is 24.3 Å². The van der Waals surface area contributed by atoms with Crippen LogP contribution in [0.15, 0.2) is 117 Å². The molecule has 0 saturated carbocycles. The van der Waals surface area contributed by atoms with Crippen LogP contribution in [0.3, 0.4) is 0 Å². The van der Waals surface area contributed by atoms with Gasteiger partial charge in [-0.1, -0.05) is 0 Å². The number of carbonyl (C=O) groups is 4. The highest BCUT2D eigenvalue weighted by Crippen LogP contribution is 2.37. The largest absolute Gasteiger partial charge is 0.505 e. The van der Waals surface area contributed by atoms with E-state index in [1.165, 1.54) is 121 Å². The fraction of sp³-hybridized carbons (Fsp3) is 0.310. The van der Waals surface area contributed by atoms with Gasteiger partial charge >= 0.3 is 0 Å². The van der Waals surface area contributed by atoms with Crippen molar-refractivity contribution in [2.24, 2.45) is 0 Å². The third kappa shape index (κ3) is 15.4. The van der Waals surface area contributed by atoms with Crippen LogP contribution in [0.4, 0.5) is 0 Å². The molecule has 4 heterocycles. The zero-order valence-electron chi connectivity index (χ0n) is 49.7. The first-order chi connectivity index (χ1) is 43.2. The topological polar surface area (TPSA) is 438 Å². The minimum absolute atomic E-state index is 0.00640. The van der Waals surface area contributed by atoms with Gasteiger partial charge in [0.15, 0.2) is 23.0 Å². The summed E-state index contributed by atoms with van der Waals surface area (Å²) in [4.78, 5) is 78.0. The highest BCUT2D eigenvalue weighted by Gasteiger charge is 2.30. The second kappa shape index (κ2) is 27.9. The Kier molecular flexibility index (Phi) is 21.0. The fourth-order valence-electron chi connectivity index (χ4n) is 10.6. The van der Waals surface area contributed by atoms with Crippen LogP contribution in [0.2, 0.25) is 0 Å². The average Bonchev–Trinajstić information content (AvgIpc) is 0.802. The highest BCUT2D eigenvalue weighted by molar-refractivity contribution is 7.86. The summed E-state index contributed by atoms with van der Waals surface area (Å²) >= 11 is 0. The minimum atomic E-state index is -4.92. The molecule has 0 aliphatic heterocycles. The van der Waals surface area contributed by atoms with Gasteiger partial charge in [0.25, 0.3) is 64.1 Å². The molecule has 92 heavy (non-hydrogen) atoms. The van der Waals surface area contributed by atoms with Crippen LogP contribution in [0.5, 0.6) is 23.0 Å². The Hall–Kier alpha value is -8.84. The molecular formula is C58H64N10O20S4. The molecule has 0 aliphatic rings. The summed E-state index contributed by atoms with van der Waals surface area (Å²) in [6, 6.07) is 14.1. The second-order valence-corrected chi connectivity index (χ2v) is 27.1. The van der Waals surface area contributed by atoms with E-state index in [2.05, 4.69) is 19.9 Å². The number of amides is 4. The van der Waals surface area contributed by atoms with E-state index in [-0.39, 0.29) is 135 Å². The molecule has 0 aliphatic carbocycles. The summed E-state index contributed by atoms with van der Waals surface area (Å²) in [5.74, 6) is -5.85. The summed E-state index contributed by atoms with van der Waals surface area (Å²) in [5.41, 5.74) is -2.89. The van der Waals surface area contributed by atoms with Crippen LogP contribution in [0.25, 0.3) is 43.6 Å². The van der Waals surface area contributed by atoms with Crippen molar-refractivity contribution in [3.05, 3.63) is 120 Å². The molecule has 4 amide bonds. The monoisotopic (exact) mass is 1350 g/mol. The number of benzene rings is 4. The summed E-state index contributed by atoms with van der Waals surface area (Å²) in [6.07, 6.45) is 5.91. The van der Waals surface area contributed by atoms with Gasteiger partial charge in [-0.25, -0.2) is 0 Å². The van der Waals surface area contributed by atoms with Crippen molar-refractivity contribution in [3.8, 4) is 23.0 Å². The lowest BCUT2D eigenvalue weighted by atomic mass is 10.1. The molecule has 0 radical (unpaired) electrons. The molecule has 0 saturated heterocycles. The summed E-state index contributed by atoms with van der Waals surface area (Å²) in [6.45, 7) is 1.32. The molecule has 8 rings (SSSR count). The van der Waals surface area contributed by atoms with Crippen LogP contribution in [-0.4, -0.2) is 239 Å². The summed E-state index contributed by atoms with van der Waals surface area (Å²) in [7, 11) is -14.1. The SMILES string of the molecule is CN(CCCN(CCCN(C)C(=O)c1cc(S(=O)(=O)O)c2cccnc2c1O)CCN(CCCN(C)C(=O)c1cc(S(=O)(=O)O)c2cccnc2c1O)CCCN(C)C(=O)c1cc(S(=O)(=O)O)c2cccnc2c1O)C(=O)c1cc(S(=O)(=O)O)c2cccnc2c1O.